The smallest absolute Gasteiger partial charge is 0.328 e. The molecule has 0 bridgehead atoms. The first kappa shape index (κ1) is 21.1. The summed E-state index contributed by atoms with van der Waals surface area (Å²) in [4.78, 5) is 26.0. The van der Waals surface area contributed by atoms with Crippen LogP contribution in [0.4, 0.5) is 0 Å². The van der Waals surface area contributed by atoms with E-state index in [2.05, 4.69) is 41.4 Å². The predicted octanol–water partition coefficient (Wildman–Crippen LogP) is 3.97. The Morgan fingerprint density at radius 3 is 2.17 bits per heavy atom. The minimum Gasteiger partial charge on any atom is -0.480 e. The second-order valence-electron chi connectivity index (χ2n) is 8.44. The maximum absolute atomic E-state index is 12.3. The Balaban J connectivity index is 1.61. The van der Waals surface area contributed by atoms with E-state index in [4.69, 9.17) is 5.11 Å². The summed E-state index contributed by atoms with van der Waals surface area (Å²) >= 11 is 0. The van der Waals surface area contributed by atoms with Crippen molar-refractivity contribution in [2.24, 2.45) is 0 Å². The second kappa shape index (κ2) is 8.78. The van der Waals surface area contributed by atoms with Crippen molar-refractivity contribution in [1.29, 1.82) is 0 Å². The van der Waals surface area contributed by atoms with Crippen molar-refractivity contribution in [3.05, 3.63) is 59.7 Å². The molecule has 29 heavy (non-hydrogen) atoms. The Labute approximate surface area is 172 Å². The highest BCUT2D eigenvalue weighted by molar-refractivity contribution is 5.98. The maximum atomic E-state index is 12.3. The number of amides is 1. The van der Waals surface area contributed by atoms with Gasteiger partial charge < -0.3 is 15.3 Å². The van der Waals surface area contributed by atoms with Crippen LogP contribution in [0.25, 0.3) is 11.1 Å². The molecule has 1 heterocycles. The molecule has 154 valence electrons. The number of carboxylic acids is 1. The third-order valence-electron chi connectivity index (χ3n) is 5.77. The molecule has 0 spiro atoms. The lowest BCUT2D eigenvalue weighted by Gasteiger charge is -2.21. The summed E-state index contributed by atoms with van der Waals surface area (Å²) in [6.45, 7) is 7.56. The summed E-state index contributed by atoms with van der Waals surface area (Å²) in [5.41, 5.74) is 2.59. The minimum absolute atomic E-state index is 0.393. The molecule has 0 unspecified atom stereocenters. The molecule has 0 saturated carbocycles. The van der Waals surface area contributed by atoms with Gasteiger partial charge in [0.05, 0.1) is 0 Å². The SMILES string of the molecule is C[C@@H]1CCCN1CCc1ccc(-c2ccc(C(=O)NC(C)(C)C(=O)O)cc2)cc1. The molecule has 5 nitrogen and oxygen atoms in total. The van der Waals surface area contributed by atoms with Crippen LogP contribution in [0, 0.1) is 0 Å². The van der Waals surface area contributed by atoms with E-state index in [1.54, 1.807) is 12.1 Å². The zero-order valence-corrected chi connectivity index (χ0v) is 17.4. The normalized spacial score (nSPS) is 17.3. The molecule has 1 fully saturated rings. The zero-order chi connectivity index (χ0) is 21.0. The van der Waals surface area contributed by atoms with Crippen LogP contribution in [0.15, 0.2) is 48.5 Å². The van der Waals surface area contributed by atoms with Gasteiger partial charge in [-0.1, -0.05) is 36.4 Å². The van der Waals surface area contributed by atoms with E-state index in [-0.39, 0.29) is 0 Å². The van der Waals surface area contributed by atoms with E-state index >= 15 is 0 Å². The van der Waals surface area contributed by atoms with Crippen LogP contribution < -0.4 is 5.32 Å². The fourth-order valence-electron chi connectivity index (χ4n) is 3.69. The number of nitrogens with zero attached hydrogens (tertiary/aromatic N) is 1. The first-order valence-electron chi connectivity index (χ1n) is 10.3. The van der Waals surface area contributed by atoms with Crippen molar-refractivity contribution in [2.75, 3.05) is 13.1 Å². The molecule has 1 saturated heterocycles. The van der Waals surface area contributed by atoms with Gasteiger partial charge in [-0.25, -0.2) is 4.79 Å². The Hall–Kier alpha value is -2.66. The Bertz CT molecular complexity index is 857. The van der Waals surface area contributed by atoms with Gasteiger partial charge >= 0.3 is 5.97 Å². The van der Waals surface area contributed by atoms with Crippen LogP contribution in [-0.4, -0.2) is 46.6 Å². The van der Waals surface area contributed by atoms with Crippen molar-refractivity contribution in [1.82, 2.24) is 10.2 Å². The zero-order valence-electron chi connectivity index (χ0n) is 17.4. The van der Waals surface area contributed by atoms with E-state index < -0.39 is 17.4 Å². The highest BCUT2D eigenvalue weighted by Crippen LogP contribution is 2.22. The summed E-state index contributed by atoms with van der Waals surface area (Å²) in [6.07, 6.45) is 3.67. The van der Waals surface area contributed by atoms with E-state index in [1.165, 1.54) is 38.8 Å². The van der Waals surface area contributed by atoms with Crippen molar-refractivity contribution >= 4 is 11.9 Å². The molecule has 1 aliphatic heterocycles. The molecular formula is C24H30N2O3. The van der Waals surface area contributed by atoms with Gasteiger partial charge in [0, 0.05) is 18.2 Å². The minimum atomic E-state index is -1.31. The molecule has 2 aromatic carbocycles. The third-order valence-corrected chi connectivity index (χ3v) is 5.77. The predicted molar refractivity (Wildman–Crippen MR) is 115 cm³/mol. The number of carboxylic acid groups (broad SMARTS) is 1. The number of carbonyl (C=O) groups is 2. The monoisotopic (exact) mass is 394 g/mol. The van der Waals surface area contributed by atoms with Crippen LogP contribution in [0.3, 0.4) is 0 Å². The van der Waals surface area contributed by atoms with E-state index in [0.717, 1.165) is 24.1 Å². The highest BCUT2D eigenvalue weighted by atomic mass is 16.4. The van der Waals surface area contributed by atoms with Gasteiger partial charge in [0.1, 0.15) is 5.54 Å². The number of benzene rings is 2. The molecule has 0 aromatic heterocycles. The highest BCUT2D eigenvalue weighted by Gasteiger charge is 2.29. The number of aliphatic carboxylic acids is 1. The fourth-order valence-corrected chi connectivity index (χ4v) is 3.69. The van der Waals surface area contributed by atoms with Crippen LogP contribution in [0.1, 0.15) is 49.5 Å². The molecule has 3 rings (SSSR count). The first-order valence-corrected chi connectivity index (χ1v) is 10.3. The molecule has 2 aromatic rings. The fraction of sp³-hybridized carbons (Fsp3) is 0.417. The average molecular weight is 395 g/mol. The molecule has 1 amide bonds. The molecular weight excluding hydrogens is 364 g/mol. The number of hydrogen-bond donors (Lipinski definition) is 2. The van der Waals surface area contributed by atoms with Gasteiger partial charge in [-0.15, -0.1) is 0 Å². The number of carbonyl (C=O) groups excluding carboxylic acids is 1. The molecule has 2 N–H and O–H groups in total. The summed E-state index contributed by atoms with van der Waals surface area (Å²) in [5.74, 6) is -1.46. The Kier molecular flexibility index (Phi) is 6.38. The number of rotatable bonds is 7. The van der Waals surface area contributed by atoms with Crippen LogP contribution in [0.2, 0.25) is 0 Å². The summed E-state index contributed by atoms with van der Waals surface area (Å²) in [6, 6.07) is 16.5. The summed E-state index contributed by atoms with van der Waals surface area (Å²) in [7, 11) is 0. The Morgan fingerprint density at radius 2 is 1.66 bits per heavy atom. The van der Waals surface area contributed by atoms with Gasteiger partial charge in [0.15, 0.2) is 0 Å². The van der Waals surface area contributed by atoms with Gasteiger partial charge in [0.2, 0.25) is 0 Å². The number of nitrogens with one attached hydrogen (secondary N) is 1. The van der Waals surface area contributed by atoms with E-state index in [9.17, 15) is 9.59 Å². The van der Waals surface area contributed by atoms with Gasteiger partial charge in [0.25, 0.3) is 5.91 Å². The van der Waals surface area contributed by atoms with E-state index in [0.29, 0.717) is 11.6 Å². The van der Waals surface area contributed by atoms with Gasteiger partial charge in [-0.3, -0.25) is 4.79 Å². The quantitative estimate of drug-likeness (QED) is 0.745. The molecule has 0 aliphatic carbocycles. The first-order chi connectivity index (χ1) is 13.8. The summed E-state index contributed by atoms with van der Waals surface area (Å²) < 4.78 is 0. The molecule has 1 atom stereocenters. The van der Waals surface area contributed by atoms with Gasteiger partial charge in [-0.05, 0) is 75.4 Å². The number of hydrogen-bond acceptors (Lipinski definition) is 3. The lowest BCUT2D eigenvalue weighted by molar-refractivity contribution is -0.143. The maximum Gasteiger partial charge on any atom is 0.328 e. The number of likely N-dealkylation sites (tertiary alicyclic amines) is 1. The lowest BCUT2D eigenvalue weighted by atomic mass is 10.0. The molecule has 1 aliphatic rings. The average Bonchev–Trinajstić information content (AvgIpc) is 3.11. The largest absolute Gasteiger partial charge is 0.480 e. The third kappa shape index (κ3) is 5.24. The topological polar surface area (TPSA) is 69.6 Å². The van der Waals surface area contributed by atoms with E-state index in [1.807, 2.05) is 12.1 Å². The van der Waals surface area contributed by atoms with Crippen molar-refractivity contribution in [2.45, 2.75) is 51.6 Å². The van der Waals surface area contributed by atoms with Crippen LogP contribution in [0.5, 0.6) is 0 Å². The Morgan fingerprint density at radius 1 is 1.07 bits per heavy atom. The molecule has 5 heteroatoms. The second-order valence-corrected chi connectivity index (χ2v) is 8.44. The van der Waals surface area contributed by atoms with Crippen molar-refractivity contribution in [3.8, 4) is 11.1 Å². The van der Waals surface area contributed by atoms with Crippen LogP contribution in [-0.2, 0) is 11.2 Å². The van der Waals surface area contributed by atoms with Gasteiger partial charge in [-0.2, -0.15) is 0 Å². The molecule has 0 radical (unpaired) electrons. The lowest BCUT2D eigenvalue weighted by Crippen LogP contribution is -2.49. The van der Waals surface area contributed by atoms with Crippen LogP contribution >= 0.6 is 0 Å². The van der Waals surface area contributed by atoms with Crippen molar-refractivity contribution in [3.63, 3.8) is 0 Å². The van der Waals surface area contributed by atoms with Crippen molar-refractivity contribution < 1.29 is 14.7 Å². The summed E-state index contributed by atoms with van der Waals surface area (Å²) in [5, 5.41) is 11.7. The standard InChI is InChI=1S/C24H30N2O3/c1-17-5-4-15-26(17)16-14-18-6-8-19(9-7-18)20-10-12-21(13-11-20)22(27)25-24(2,3)23(28)29/h6-13,17H,4-5,14-16H2,1-3H3,(H,25,27)(H,28,29)/t17-/m1/s1.